The summed E-state index contributed by atoms with van der Waals surface area (Å²) >= 11 is 0. The molecular weight excluding hydrogens is 224 g/mol. The molecule has 2 aromatic rings. The number of Topliss-reactive ketones (excluding diaryl/α,β-unsaturated/α-hetero) is 1. The quantitative estimate of drug-likeness (QED) is 0.610. The van der Waals surface area contributed by atoms with E-state index < -0.39 is 0 Å². The number of ketones is 1. The van der Waals surface area contributed by atoms with Crippen molar-refractivity contribution in [1.82, 2.24) is 0 Å². The first-order valence-corrected chi connectivity index (χ1v) is 5.58. The summed E-state index contributed by atoms with van der Waals surface area (Å²) in [6, 6.07) is 14.2. The van der Waals surface area contributed by atoms with Crippen molar-refractivity contribution < 1.29 is 9.90 Å². The zero-order valence-electron chi connectivity index (χ0n) is 9.97. The molecule has 0 radical (unpaired) electrons. The smallest absolute Gasteiger partial charge is 0.159 e. The number of phenols is 1. The van der Waals surface area contributed by atoms with E-state index in [2.05, 4.69) is 11.8 Å². The number of carbonyl (C=O) groups is 1. The minimum atomic E-state index is -0.0437. The molecule has 0 amide bonds. The molecule has 0 heterocycles. The normalized spacial score (nSPS) is 9.39. The molecule has 0 aliphatic heterocycles. The van der Waals surface area contributed by atoms with Crippen molar-refractivity contribution in [2.45, 2.75) is 6.92 Å². The third-order valence-electron chi connectivity index (χ3n) is 2.52. The highest BCUT2D eigenvalue weighted by Gasteiger charge is 2.03. The van der Waals surface area contributed by atoms with Gasteiger partial charge in [0.05, 0.1) is 5.56 Å². The van der Waals surface area contributed by atoms with Gasteiger partial charge in [-0.15, -0.1) is 0 Å². The van der Waals surface area contributed by atoms with Gasteiger partial charge in [0.25, 0.3) is 0 Å². The lowest BCUT2D eigenvalue weighted by atomic mass is 10.1. The van der Waals surface area contributed by atoms with Gasteiger partial charge in [0.1, 0.15) is 5.75 Å². The molecule has 0 saturated carbocycles. The average molecular weight is 236 g/mol. The first-order chi connectivity index (χ1) is 8.66. The molecule has 2 nitrogen and oxygen atoms in total. The summed E-state index contributed by atoms with van der Waals surface area (Å²) in [5.74, 6) is 5.86. The Kier molecular flexibility index (Phi) is 3.45. The summed E-state index contributed by atoms with van der Waals surface area (Å²) in [5.41, 5.74) is 1.88. The van der Waals surface area contributed by atoms with Gasteiger partial charge in [-0.1, -0.05) is 30.0 Å². The van der Waals surface area contributed by atoms with E-state index in [4.69, 9.17) is 0 Å². The first kappa shape index (κ1) is 11.9. The fourth-order valence-electron chi connectivity index (χ4n) is 1.52. The van der Waals surface area contributed by atoms with Crippen molar-refractivity contribution in [2.24, 2.45) is 0 Å². The lowest BCUT2D eigenvalue weighted by molar-refractivity contribution is 0.101. The van der Waals surface area contributed by atoms with Gasteiger partial charge in [0.15, 0.2) is 5.78 Å². The van der Waals surface area contributed by atoms with Gasteiger partial charge in [-0.3, -0.25) is 4.79 Å². The standard InChI is InChI=1S/C16H12O2/c1-12(17)14-9-10-16(18)15(11-14)8-7-13-5-3-2-4-6-13/h2-6,9-11,18H,1H3. The third kappa shape index (κ3) is 2.78. The van der Waals surface area contributed by atoms with Gasteiger partial charge in [-0.05, 0) is 37.3 Å². The van der Waals surface area contributed by atoms with Crippen molar-refractivity contribution >= 4 is 5.78 Å². The van der Waals surface area contributed by atoms with Crippen LogP contribution in [0.3, 0.4) is 0 Å². The van der Waals surface area contributed by atoms with Crippen molar-refractivity contribution in [2.75, 3.05) is 0 Å². The van der Waals surface area contributed by atoms with E-state index in [9.17, 15) is 9.90 Å². The second kappa shape index (κ2) is 5.20. The Bertz CT molecular complexity index is 631. The third-order valence-corrected chi connectivity index (χ3v) is 2.52. The molecule has 0 spiro atoms. The number of carbonyl (C=O) groups excluding carboxylic acids is 1. The number of benzene rings is 2. The van der Waals surface area contributed by atoms with E-state index in [-0.39, 0.29) is 11.5 Å². The van der Waals surface area contributed by atoms with E-state index in [1.807, 2.05) is 30.3 Å². The fourth-order valence-corrected chi connectivity index (χ4v) is 1.52. The molecule has 0 bridgehead atoms. The Labute approximate surface area is 106 Å². The van der Waals surface area contributed by atoms with Crippen molar-refractivity contribution in [1.29, 1.82) is 0 Å². The van der Waals surface area contributed by atoms with E-state index in [0.29, 0.717) is 11.1 Å². The lowest BCUT2D eigenvalue weighted by Crippen LogP contribution is -1.92. The molecular formula is C16H12O2. The molecule has 2 heteroatoms. The highest BCUT2D eigenvalue weighted by Crippen LogP contribution is 2.17. The highest BCUT2D eigenvalue weighted by atomic mass is 16.3. The number of rotatable bonds is 1. The van der Waals surface area contributed by atoms with Gasteiger partial charge in [-0.25, -0.2) is 0 Å². The minimum absolute atomic E-state index is 0.0437. The average Bonchev–Trinajstić information content (AvgIpc) is 2.38. The predicted octanol–water partition coefficient (Wildman–Crippen LogP) is 2.99. The Hall–Kier alpha value is -2.53. The Morgan fingerprint density at radius 3 is 2.44 bits per heavy atom. The molecule has 18 heavy (non-hydrogen) atoms. The minimum Gasteiger partial charge on any atom is -0.507 e. The van der Waals surface area contributed by atoms with Crippen LogP contribution < -0.4 is 0 Å². The highest BCUT2D eigenvalue weighted by molar-refractivity contribution is 5.94. The van der Waals surface area contributed by atoms with Crippen LogP contribution in [0.1, 0.15) is 28.4 Å². The monoisotopic (exact) mass is 236 g/mol. The molecule has 0 unspecified atom stereocenters. The number of hydrogen-bond donors (Lipinski definition) is 1. The molecule has 0 fully saturated rings. The van der Waals surface area contributed by atoms with Gasteiger partial charge in [-0.2, -0.15) is 0 Å². The molecule has 0 aromatic heterocycles. The van der Waals surface area contributed by atoms with Crippen LogP contribution in [0, 0.1) is 11.8 Å². The fraction of sp³-hybridized carbons (Fsp3) is 0.0625. The maximum atomic E-state index is 11.3. The lowest BCUT2D eigenvalue weighted by Gasteiger charge is -1.99. The van der Waals surface area contributed by atoms with E-state index >= 15 is 0 Å². The summed E-state index contributed by atoms with van der Waals surface area (Å²) in [6.07, 6.45) is 0. The van der Waals surface area contributed by atoms with Crippen molar-refractivity contribution in [3.8, 4) is 17.6 Å². The summed E-state index contributed by atoms with van der Waals surface area (Å²) in [5, 5.41) is 9.68. The van der Waals surface area contributed by atoms with Crippen LogP contribution in [0.4, 0.5) is 0 Å². The molecule has 2 rings (SSSR count). The molecule has 2 aromatic carbocycles. The van der Waals surface area contributed by atoms with Gasteiger partial charge < -0.3 is 5.11 Å². The summed E-state index contributed by atoms with van der Waals surface area (Å²) in [4.78, 5) is 11.3. The molecule has 1 N–H and O–H groups in total. The first-order valence-electron chi connectivity index (χ1n) is 5.58. The zero-order chi connectivity index (χ0) is 13.0. The van der Waals surface area contributed by atoms with Gasteiger partial charge in [0, 0.05) is 11.1 Å². The van der Waals surface area contributed by atoms with E-state index in [0.717, 1.165) is 5.56 Å². The Morgan fingerprint density at radius 2 is 1.78 bits per heavy atom. The van der Waals surface area contributed by atoms with Gasteiger partial charge in [0.2, 0.25) is 0 Å². The van der Waals surface area contributed by atoms with Crippen LogP contribution in [-0.2, 0) is 0 Å². The number of aromatic hydroxyl groups is 1. The molecule has 0 aliphatic rings. The number of hydrogen-bond acceptors (Lipinski definition) is 2. The topological polar surface area (TPSA) is 37.3 Å². The Balaban J connectivity index is 2.38. The Morgan fingerprint density at radius 1 is 1.06 bits per heavy atom. The van der Waals surface area contributed by atoms with Crippen LogP contribution in [0.5, 0.6) is 5.75 Å². The summed E-state index contributed by atoms with van der Waals surface area (Å²) in [7, 11) is 0. The van der Waals surface area contributed by atoms with Gasteiger partial charge >= 0.3 is 0 Å². The van der Waals surface area contributed by atoms with Crippen LogP contribution in [0.15, 0.2) is 48.5 Å². The zero-order valence-corrected chi connectivity index (χ0v) is 9.97. The molecule has 0 aliphatic carbocycles. The van der Waals surface area contributed by atoms with Crippen LogP contribution in [-0.4, -0.2) is 10.9 Å². The maximum Gasteiger partial charge on any atom is 0.159 e. The second-order valence-corrected chi connectivity index (χ2v) is 3.90. The largest absolute Gasteiger partial charge is 0.507 e. The second-order valence-electron chi connectivity index (χ2n) is 3.90. The van der Waals surface area contributed by atoms with Crippen LogP contribution >= 0.6 is 0 Å². The maximum absolute atomic E-state index is 11.3. The van der Waals surface area contributed by atoms with E-state index in [1.165, 1.54) is 13.0 Å². The summed E-state index contributed by atoms with van der Waals surface area (Å²) in [6.45, 7) is 1.49. The predicted molar refractivity (Wildman–Crippen MR) is 70.5 cm³/mol. The van der Waals surface area contributed by atoms with Crippen LogP contribution in [0.2, 0.25) is 0 Å². The van der Waals surface area contributed by atoms with Crippen molar-refractivity contribution in [3.05, 3.63) is 65.2 Å². The molecule has 0 saturated heterocycles. The van der Waals surface area contributed by atoms with Crippen molar-refractivity contribution in [3.63, 3.8) is 0 Å². The summed E-state index contributed by atoms with van der Waals surface area (Å²) < 4.78 is 0. The number of phenolic OH excluding ortho intramolecular Hbond substituents is 1. The van der Waals surface area contributed by atoms with E-state index in [1.54, 1.807) is 12.1 Å². The molecule has 88 valence electrons. The molecule has 0 atom stereocenters. The van der Waals surface area contributed by atoms with Crippen LogP contribution in [0.25, 0.3) is 0 Å². The SMILES string of the molecule is CC(=O)c1ccc(O)c(C#Cc2ccccc2)c1.